The number of thioether (sulfide) groups is 1. The van der Waals surface area contributed by atoms with Gasteiger partial charge in [-0.1, -0.05) is 13.5 Å². The van der Waals surface area contributed by atoms with Gasteiger partial charge in [-0.15, -0.1) is 0 Å². The average Bonchev–Trinajstić information content (AvgIpc) is 1.85. The van der Waals surface area contributed by atoms with Crippen molar-refractivity contribution >= 4 is 11.8 Å². The molecule has 54 valence electrons. The fourth-order valence-corrected chi connectivity index (χ4v) is 0.978. The summed E-state index contributed by atoms with van der Waals surface area (Å²) in [6.07, 6.45) is 3.26. The molecule has 0 aromatic carbocycles. The molecule has 0 aliphatic carbocycles. The molecule has 0 saturated carbocycles. The lowest BCUT2D eigenvalue weighted by molar-refractivity contribution is 0.775. The van der Waals surface area contributed by atoms with Crippen molar-refractivity contribution in [1.29, 1.82) is 0 Å². The van der Waals surface area contributed by atoms with Crippen LogP contribution in [0.2, 0.25) is 0 Å². The van der Waals surface area contributed by atoms with Crippen LogP contribution in [0.4, 0.5) is 0 Å². The monoisotopic (exact) mass is 145 g/mol. The molecule has 0 aromatic heterocycles. The van der Waals surface area contributed by atoms with Crippen molar-refractivity contribution in [2.24, 2.45) is 0 Å². The van der Waals surface area contributed by atoms with Gasteiger partial charge in [0.25, 0.3) is 0 Å². The maximum Gasteiger partial charge on any atom is 0.0323 e. The van der Waals surface area contributed by atoms with Gasteiger partial charge in [0.1, 0.15) is 0 Å². The van der Waals surface area contributed by atoms with Gasteiger partial charge in [0, 0.05) is 18.0 Å². The quantitative estimate of drug-likeness (QED) is 0.633. The van der Waals surface area contributed by atoms with Gasteiger partial charge < -0.3 is 5.32 Å². The van der Waals surface area contributed by atoms with Crippen LogP contribution in [0.15, 0.2) is 12.3 Å². The summed E-state index contributed by atoms with van der Waals surface area (Å²) in [5.74, 6) is 1.03. The average molecular weight is 145 g/mol. The largest absolute Gasteiger partial charge is 0.388 e. The molecule has 0 bridgehead atoms. The van der Waals surface area contributed by atoms with Crippen molar-refractivity contribution in [3.05, 3.63) is 12.3 Å². The van der Waals surface area contributed by atoms with Crippen LogP contribution in [0, 0.1) is 0 Å². The number of hydrogen-bond acceptors (Lipinski definition) is 2. The third-order valence-corrected chi connectivity index (χ3v) is 1.58. The molecule has 0 atom stereocenters. The summed E-state index contributed by atoms with van der Waals surface area (Å²) in [6.45, 7) is 7.06. The number of rotatable bonds is 5. The van der Waals surface area contributed by atoms with E-state index in [2.05, 4.69) is 25.1 Å². The number of nitrogens with one attached hydrogen (secondary N) is 1. The standard InChI is InChI=1S/C7H15NS/c1-4-5-8-7(2)6-9-3/h8H,2,4-6H2,1,3H3. The van der Waals surface area contributed by atoms with Gasteiger partial charge in [0.05, 0.1) is 0 Å². The van der Waals surface area contributed by atoms with E-state index in [1.807, 2.05) is 0 Å². The third kappa shape index (κ3) is 5.77. The Labute approximate surface area is 61.9 Å². The molecule has 2 heteroatoms. The van der Waals surface area contributed by atoms with Gasteiger partial charge in [0.15, 0.2) is 0 Å². The maximum atomic E-state index is 3.85. The normalized spacial score (nSPS) is 9.11. The highest BCUT2D eigenvalue weighted by atomic mass is 32.2. The van der Waals surface area contributed by atoms with E-state index in [1.165, 1.54) is 6.42 Å². The predicted molar refractivity (Wildman–Crippen MR) is 45.8 cm³/mol. The van der Waals surface area contributed by atoms with Crippen LogP contribution >= 0.6 is 11.8 Å². The van der Waals surface area contributed by atoms with Gasteiger partial charge in [-0.2, -0.15) is 11.8 Å². The minimum atomic E-state index is 1.03. The molecule has 0 unspecified atom stereocenters. The van der Waals surface area contributed by atoms with E-state index in [0.29, 0.717) is 0 Å². The zero-order valence-electron chi connectivity index (χ0n) is 6.24. The molecule has 0 spiro atoms. The topological polar surface area (TPSA) is 12.0 Å². The molecular formula is C7H15NS. The summed E-state index contributed by atoms with van der Waals surface area (Å²) < 4.78 is 0. The van der Waals surface area contributed by atoms with Crippen molar-refractivity contribution in [2.45, 2.75) is 13.3 Å². The molecule has 0 fully saturated rings. The van der Waals surface area contributed by atoms with Crippen molar-refractivity contribution in [1.82, 2.24) is 5.32 Å². The lowest BCUT2D eigenvalue weighted by atomic mass is 10.4. The van der Waals surface area contributed by atoms with E-state index >= 15 is 0 Å². The van der Waals surface area contributed by atoms with Gasteiger partial charge in [0.2, 0.25) is 0 Å². The highest BCUT2D eigenvalue weighted by Crippen LogP contribution is 1.96. The first-order valence-corrected chi connectivity index (χ1v) is 4.61. The molecule has 0 saturated heterocycles. The zero-order chi connectivity index (χ0) is 7.11. The van der Waals surface area contributed by atoms with Crippen LogP contribution in [0.3, 0.4) is 0 Å². The molecule has 0 aromatic rings. The van der Waals surface area contributed by atoms with Crippen molar-refractivity contribution in [3.8, 4) is 0 Å². The third-order valence-electron chi connectivity index (χ3n) is 0.944. The molecule has 1 nitrogen and oxygen atoms in total. The SMILES string of the molecule is C=C(CSC)NCCC. The Morgan fingerprint density at radius 1 is 1.67 bits per heavy atom. The predicted octanol–water partition coefficient (Wildman–Crippen LogP) is 1.86. The van der Waals surface area contributed by atoms with Crippen LogP contribution in [-0.4, -0.2) is 18.6 Å². The first kappa shape index (κ1) is 8.89. The fourth-order valence-electron chi connectivity index (χ4n) is 0.527. The van der Waals surface area contributed by atoms with E-state index in [9.17, 15) is 0 Å². The summed E-state index contributed by atoms with van der Waals surface area (Å²) in [5, 5.41) is 3.22. The molecule has 0 radical (unpaired) electrons. The van der Waals surface area contributed by atoms with Crippen molar-refractivity contribution in [2.75, 3.05) is 18.6 Å². The Hall–Kier alpha value is -0.110. The van der Waals surface area contributed by atoms with Gasteiger partial charge in [-0.3, -0.25) is 0 Å². The first-order chi connectivity index (χ1) is 4.31. The second-order valence-corrected chi connectivity index (χ2v) is 2.83. The van der Waals surface area contributed by atoms with E-state index in [1.54, 1.807) is 11.8 Å². The van der Waals surface area contributed by atoms with E-state index in [4.69, 9.17) is 0 Å². The zero-order valence-corrected chi connectivity index (χ0v) is 7.05. The van der Waals surface area contributed by atoms with Gasteiger partial charge in [-0.25, -0.2) is 0 Å². The second kappa shape index (κ2) is 6.02. The van der Waals surface area contributed by atoms with Crippen molar-refractivity contribution in [3.63, 3.8) is 0 Å². The minimum absolute atomic E-state index is 1.03. The van der Waals surface area contributed by atoms with Gasteiger partial charge >= 0.3 is 0 Å². The molecular weight excluding hydrogens is 130 g/mol. The Kier molecular flexibility index (Phi) is 5.94. The van der Waals surface area contributed by atoms with E-state index in [0.717, 1.165) is 18.0 Å². The fraction of sp³-hybridized carbons (Fsp3) is 0.714. The lowest BCUT2D eigenvalue weighted by Gasteiger charge is -2.04. The van der Waals surface area contributed by atoms with Crippen molar-refractivity contribution < 1.29 is 0 Å². The molecule has 0 aliphatic rings. The summed E-state index contributed by atoms with van der Waals surface area (Å²) in [7, 11) is 0. The molecule has 0 amide bonds. The molecule has 0 aliphatic heterocycles. The van der Waals surface area contributed by atoms with Crippen LogP contribution in [0.5, 0.6) is 0 Å². The smallest absolute Gasteiger partial charge is 0.0323 e. The minimum Gasteiger partial charge on any atom is -0.388 e. The Morgan fingerprint density at radius 3 is 2.78 bits per heavy atom. The van der Waals surface area contributed by atoms with Gasteiger partial charge in [-0.05, 0) is 12.7 Å². The number of hydrogen-bond donors (Lipinski definition) is 1. The van der Waals surface area contributed by atoms with Crippen LogP contribution in [0.25, 0.3) is 0 Å². The molecule has 0 heterocycles. The molecule has 9 heavy (non-hydrogen) atoms. The first-order valence-electron chi connectivity index (χ1n) is 3.21. The summed E-state index contributed by atoms with van der Waals surface area (Å²) in [4.78, 5) is 0. The highest BCUT2D eigenvalue weighted by molar-refractivity contribution is 7.98. The molecule has 1 N–H and O–H groups in total. The Balaban J connectivity index is 3.06. The second-order valence-electron chi connectivity index (χ2n) is 1.96. The summed E-state index contributed by atoms with van der Waals surface area (Å²) >= 11 is 1.80. The highest BCUT2D eigenvalue weighted by Gasteiger charge is 1.87. The molecule has 0 rings (SSSR count). The maximum absolute atomic E-state index is 3.85. The summed E-state index contributed by atoms with van der Waals surface area (Å²) in [6, 6.07) is 0. The van der Waals surface area contributed by atoms with E-state index < -0.39 is 0 Å². The summed E-state index contributed by atoms with van der Waals surface area (Å²) in [5.41, 5.74) is 1.14. The Bertz CT molecular complexity index is 81.0. The van der Waals surface area contributed by atoms with Crippen LogP contribution in [-0.2, 0) is 0 Å². The van der Waals surface area contributed by atoms with E-state index in [-0.39, 0.29) is 0 Å². The van der Waals surface area contributed by atoms with Crippen LogP contribution in [0.1, 0.15) is 13.3 Å². The Morgan fingerprint density at radius 2 is 2.33 bits per heavy atom. The lowest BCUT2D eigenvalue weighted by Crippen LogP contribution is -2.14. The van der Waals surface area contributed by atoms with Crippen LogP contribution < -0.4 is 5.32 Å².